The molecule has 4 aromatic rings. The lowest BCUT2D eigenvalue weighted by atomic mass is 9.79. The molecule has 1 aliphatic heterocycles. The first-order valence-electron chi connectivity index (χ1n) is 13.5. The van der Waals surface area contributed by atoms with Crippen molar-refractivity contribution in [2.75, 3.05) is 30.3 Å². The Morgan fingerprint density at radius 1 is 0.698 bits per heavy atom. The van der Waals surface area contributed by atoms with Gasteiger partial charge in [0, 0.05) is 12.2 Å². The van der Waals surface area contributed by atoms with Gasteiger partial charge in [-0.1, -0.05) is 60.7 Å². The van der Waals surface area contributed by atoms with E-state index in [4.69, 9.17) is 0 Å². The van der Waals surface area contributed by atoms with Gasteiger partial charge in [-0.2, -0.15) is 26.3 Å². The van der Waals surface area contributed by atoms with Crippen LogP contribution in [0.2, 0.25) is 0 Å². The first-order chi connectivity index (χ1) is 20.3. The summed E-state index contributed by atoms with van der Waals surface area (Å²) in [6, 6.07) is 17.1. The maximum Gasteiger partial charge on any atom is 0.416 e. The predicted octanol–water partition coefficient (Wildman–Crippen LogP) is 5.88. The number of hydrogen-bond donors (Lipinski definition) is 3. The smallest absolute Gasteiger partial charge is 0.378 e. The number of anilines is 3. The number of nitrogens with one attached hydrogen (secondary N) is 2. The van der Waals surface area contributed by atoms with E-state index in [1.807, 2.05) is 0 Å². The van der Waals surface area contributed by atoms with Crippen LogP contribution in [0, 0.1) is 0 Å². The van der Waals surface area contributed by atoms with Crippen molar-refractivity contribution in [3.05, 3.63) is 122 Å². The Labute approximate surface area is 242 Å². The largest absolute Gasteiger partial charge is 0.416 e. The summed E-state index contributed by atoms with van der Waals surface area (Å²) in [6.07, 6.45) is -8.39. The molecular formula is C31H27F6N3O3. The van der Waals surface area contributed by atoms with E-state index in [1.165, 1.54) is 0 Å². The molecule has 0 spiro atoms. The van der Waals surface area contributed by atoms with Crippen molar-refractivity contribution in [2.45, 2.75) is 36.8 Å². The Hall–Kier alpha value is -4.16. The lowest BCUT2D eigenvalue weighted by molar-refractivity contribution is -0.143. The summed E-state index contributed by atoms with van der Waals surface area (Å²) >= 11 is 0. The molecule has 3 N–H and O–H groups in total. The van der Waals surface area contributed by atoms with Crippen molar-refractivity contribution < 1.29 is 31.4 Å². The summed E-state index contributed by atoms with van der Waals surface area (Å²) in [7, 11) is 0. The fraction of sp³-hybridized carbons (Fsp3) is 0.290. The number of aliphatic hydroxyl groups is 1. The SMILES string of the molecule is O=c1c(Nc2cc(C(F)(F)F)cc(C(F)(F)F)c2)c(N[C@@H](CN2CCCC2)C(O)(c2ccccc2)c2ccccc2)c1=O. The maximum absolute atomic E-state index is 13.4. The van der Waals surface area contributed by atoms with Gasteiger partial charge in [0.2, 0.25) is 0 Å². The molecule has 0 saturated carbocycles. The van der Waals surface area contributed by atoms with Crippen molar-refractivity contribution in [3.8, 4) is 0 Å². The predicted molar refractivity (Wildman–Crippen MR) is 150 cm³/mol. The second-order valence-corrected chi connectivity index (χ2v) is 10.5. The average molecular weight is 604 g/mol. The first kappa shape index (κ1) is 30.3. The zero-order chi connectivity index (χ0) is 31.0. The minimum atomic E-state index is -5.10. The fourth-order valence-corrected chi connectivity index (χ4v) is 5.45. The van der Waals surface area contributed by atoms with E-state index < -0.39 is 57.4 Å². The van der Waals surface area contributed by atoms with Crippen molar-refractivity contribution in [1.82, 2.24) is 4.90 Å². The third-order valence-electron chi connectivity index (χ3n) is 7.66. The highest BCUT2D eigenvalue weighted by Crippen LogP contribution is 2.40. The van der Waals surface area contributed by atoms with Crippen molar-refractivity contribution >= 4 is 17.1 Å². The normalized spacial score (nSPS) is 15.5. The van der Waals surface area contributed by atoms with Gasteiger partial charge in [-0.05, 0) is 55.3 Å². The molecular weight excluding hydrogens is 576 g/mol. The number of rotatable bonds is 9. The van der Waals surface area contributed by atoms with Crippen LogP contribution < -0.4 is 21.5 Å². The van der Waals surface area contributed by atoms with Crippen LogP contribution in [0.25, 0.3) is 0 Å². The number of benzene rings is 3. The monoisotopic (exact) mass is 603 g/mol. The van der Waals surface area contributed by atoms with Crippen LogP contribution in [0.4, 0.5) is 43.4 Å². The summed E-state index contributed by atoms with van der Waals surface area (Å²) < 4.78 is 80.6. The standard InChI is InChI=1S/C31H27F6N3O3/c32-30(33,34)21-15-22(31(35,36)37)17-23(16-21)38-25-26(28(42)27(25)41)39-24(18-40-13-7-8-14-40)29(43,19-9-3-1-4-10-19)20-11-5-2-6-12-20/h1-6,9-12,15-17,24,38-39,43H,7-8,13-14,18H2/t24-/m0/s1. The molecule has 12 heteroatoms. The van der Waals surface area contributed by atoms with E-state index in [-0.39, 0.29) is 18.3 Å². The summed E-state index contributed by atoms with van der Waals surface area (Å²) in [5.74, 6) is 0. The molecule has 0 unspecified atom stereocenters. The average Bonchev–Trinajstić information content (AvgIpc) is 3.51. The van der Waals surface area contributed by atoms with Gasteiger partial charge in [-0.25, -0.2) is 0 Å². The van der Waals surface area contributed by atoms with Crippen LogP contribution in [-0.4, -0.2) is 35.7 Å². The van der Waals surface area contributed by atoms with E-state index in [1.54, 1.807) is 60.7 Å². The molecule has 226 valence electrons. The molecule has 0 aliphatic carbocycles. The first-order valence-corrected chi connectivity index (χ1v) is 13.5. The summed E-state index contributed by atoms with van der Waals surface area (Å²) in [6.45, 7) is 1.62. The van der Waals surface area contributed by atoms with Crippen LogP contribution in [0.1, 0.15) is 35.1 Å². The number of hydrogen-bond acceptors (Lipinski definition) is 6. The third kappa shape index (κ3) is 6.16. The summed E-state index contributed by atoms with van der Waals surface area (Å²) in [5.41, 5.74) is -7.61. The third-order valence-corrected chi connectivity index (χ3v) is 7.66. The molecule has 1 aliphatic rings. The van der Waals surface area contributed by atoms with Crippen molar-refractivity contribution in [1.29, 1.82) is 0 Å². The van der Waals surface area contributed by atoms with Gasteiger partial charge in [0.05, 0.1) is 17.2 Å². The van der Waals surface area contributed by atoms with Crippen LogP contribution in [0.5, 0.6) is 0 Å². The number of likely N-dealkylation sites (tertiary alicyclic amines) is 1. The lowest BCUT2D eigenvalue weighted by Crippen LogP contribution is -2.53. The molecule has 1 atom stereocenters. The van der Waals surface area contributed by atoms with Gasteiger partial charge in [0.1, 0.15) is 17.0 Å². The van der Waals surface area contributed by atoms with E-state index in [2.05, 4.69) is 15.5 Å². The van der Waals surface area contributed by atoms with E-state index in [0.717, 1.165) is 12.8 Å². The highest BCUT2D eigenvalue weighted by molar-refractivity contribution is 5.79. The summed E-state index contributed by atoms with van der Waals surface area (Å²) in [4.78, 5) is 27.5. The lowest BCUT2D eigenvalue weighted by Gasteiger charge is -2.40. The van der Waals surface area contributed by atoms with E-state index in [0.29, 0.717) is 36.3 Å². The van der Waals surface area contributed by atoms with Gasteiger partial charge >= 0.3 is 12.4 Å². The van der Waals surface area contributed by atoms with Crippen LogP contribution in [0.15, 0.2) is 88.5 Å². The number of halogens is 6. The molecule has 43 heavy (non-hydrogen) atoms. The van der Waals surface area contributed by atoms with E-state index >= 15 is 0 Å². The van der Waals surface area contributed by atoms with Gasteiger partial charge < -0.3 is 20.6 Å². The topological polar surface area (TPSA) is 81.7 Å². The molecule has 0 bridgehead atoms. The van der Waals surface area contributed by atoms with Crippen LogP contribution >= 0.6 is 0 Å². The fourth-order valence-electron chi connectivity index (χ4n) is 5.45. The van der Waals surface area contributed by atoms with Gasteiger partial charge in [0.15, 0.2) is 0 Å². The molecule has 0 amide bonds. The highest BCUT2D eigenvalue weighted by atomic mass is 19.4. The molecule has 6 nitrogen and oxygen atoms in total. The van der Waals surface area contributed by atoms with Gasteiger partial charge in [-0.3, -0.25) is 9.59 Å². The molecule has 1 heterocycles. The second kappa shape index (κ2) is 11.5. The van der Waals surface area contributed by atoms with E-state index in [9.17, 15) is 41.0 Å². The molecule has 5 rings (SSSR count). The van der Waals surface area contributed by atoms with Crippen LogP contribution in [-0.2, 0) is 18.0 Å². The summed E-state index contributed by atoms with van der Waals surface area (Å²) in [5, 5.41) is 17.7. The Morgan fingerprint density at radius 3 is 1.63 bits per heavy atom. The Balaban J connectivity index is 1.58. The van der Waals surface area contributed by atoms with Crippen molar-refractivity contribution in [2.24, 2.45) is 0 Å². The number of nitrogens with zero attached hydrogens (tertiary/aromatic N) is 1. The number of alkyl halides is 6. The molecule has 0 radical (unpaired) electrons. The van der Waals surface area contributed by atoms with Gasteiger partial charge in [0.25, 0.3) is 10.9 Å². The molecule has 0 aromatic heterocycles. The Kier molecular flexibility index (Phi) is 8.10. The Morgan fingerprint density at radius 2 is 1.16 bits per heavy atom. The van der Waals surface area contributed by atoms with Gasteiger partial charge in [-0.15, -0.1) is 0 Å². The highest BCUT2D eigenvalue weighted by Gasteiger charge is 2.43. The zero-order valence-electron chi connectivity index (χ0n) is 22.6. The molecule has 1 fully saturated rings. The van der Waals surface area contributed by atoms with Crippen molar-refractivity contribution in [3.63, 3.8) is 0 Å². The minimum absolute atomic E-state index is 0.0294. The maximum atomic E-state index is 13.4. The molecule has 1 saturated heterocycles. The minimum Gasteiger partial charge on any atom is -0.378 e. The van der Waals surface area contributed by atoms with Crippen LogP contribution in [0.3, 0.4) is 0 Å². The zero-order valence-corrected chi connectivity index (χ0v) is 22.6. The quantitative estimate of drug-likeness (QED) is 0.164. The second-order valence-electron chi connectivity index (χ2n) is 10.5. The molecule has 4 aromatic carbocycles. The Bertz CT molecular complexity index is 1570.